The van der Waals surface area contributed by atoms with Gasteiger partial charge in [-0.1, -0.05) is 41.9 Å². The summed E-state index contributed by atoms with van der Waals surface area (Å²) in [7, 11) is 0. The highest BCUT2D eigenvalue weighted by atomic mass is 35.5. The zero-order chi connectivity index (χ0) is 24.6. The Bertz CT molecular complexity index is 1380. The van der Waals surface area contributed by atoms with Crippen LogP contribution in [0, 0.1) is 5.82 Å². The molecule has 2 aromatic heterocycles. The number of carbonyl (C=O) groups is 2. The average molecular weight is 492 g/mol. The molecule has 0 radical (unpaired) electrons. The highest BCUT2D eigenvalue weighted by Crippen LogP contribution is 2.34. The van der Waals surface area contributed by atoms with Crippen molar-refractivity contribution in [1.82, 2.24) is 14.8 Å². The van der Waals surface area contributed by atoms with Gasteiger partial charge in [0.1, 0.15) is 22.8 Å². The number of halogens is 2. The van der Waals surface area contributed by atoms with Crippen LogP contribution in [0.1, 0.15) is 28.5 Å². The Kier molecular flexibility index (Phi) is 5.94. The first-order valence-electron chi connectivity index (χ1n) is 11.2. The largest absolute Gasteiger partial charge is 0.463 e. The number of amides is 2. The quantitative estimate of drug-likeness (QED) is 0.399. The summed E-state index contributed by atoms with van der Waals surface area (Å²) in [6, 6.07) is 20.5. The summed E-state index contributed by atoms with van der Waals surface area (Å²) >= 11 is 5.96. The van der Waals surface area contributed by atoms with Crippen LogP contribution in [0.5, 0.6) is 0 Å². The molecule has 1 N–H and O–H groups in total. The van der Waals surface area contributed by atoms with Gasteiger partial charge in [-0.05, 0) is 55.0 Å². The van der Waals surface area contributed by atoms with E-state index in [1.807, 2.05) is 12.1 Å². The van der Waals surface area contributed by atoms with Crippen LogP contribution in [0.25, 0.3) is 11.5 Å². The Morgan fingerprint density at radius 2 is 1.80 bits per heavy atom. The van der Waals surface area contributed by atoms with Crippen LogP contribution in [0.3, 0.4) is 0 Å². The highest BCUT2D eigenvalue weighted by molar-refractivity contribution is 6.30. The molecular weight excluding hydrogens is 469 g/mol. The fourth-order valence-electron chi connectivity index (χ4n) is 4.43. The Balaban J connectivity index is 1.51. The number of benzene rings is 2. The molecule has 5 rings (SSSR count). The van der Waals surface area contributed by atoms with Gasteiger partial charge in [-0.2, -0.15) is 0 Å². The molecule has 0 saturated heterocycles. The van der Waals surface area contributed by atoms with E-state index in [1.165, 1.54) is 11.0 Å². The summed E-state index contributed by atoms with van der Waals surface area (Å²) in [4.78, 5) is 28.8. The van der Waals surface area contributed by atoms with Gasteiger partial charge in [0.2, 0.25) is 5.91 Å². The molecular formula is C27H23ClFN3O3. The van der Waals surface area contributed by atoms with Crippen molar-refractivity contribution in [3.8, 4) is 11.5 Å². The number of hydrogen-bond donors (Lipinski definition) is 1. The average Bonchev–Trinajstić information content (AvgIpc) is 3.52. The van der Waals surface area contributed by atoms with Crippen molar-refractivity contribution in [3.05, 3.63) is 107 Å². The second kappa shape index (κ2) is 9.07. The van der Waals surface area contributed by atoms with Crippen LogP contribution in [0.2, 0.25) is 5.02 Å². The van der Waals surface area contributed by atoms with Crippen LogP contribution in [-0.2, 0) is 24.4 Å². The molecule has 6 nitrogen and oxygen atoms in total. The molecule has 4 aromatic rings. The number of hydrogen-bond acceptors (Lipinski definition) is 3. The fourth-order valence-corrected chi connectivity index (χ4v) is 4.56. The highest BCUT2D eigenvalue weighted by Gasteiger charge is 2.48. The maximum absolute atomic E-state index is 14.5. The third-order valence-corrected chi connectivity index (χ3v) is 6.67. The third kappa shape index (κ3) is 4.23. The second-order valence-electron chi connectivity index (χ2n) is 8.73. The lowest BCUT2D eigenvalue weighted by atomic mass is 9.93. The molecule has 178 valence electrons. The smallest absolute Gasteiger partial charge is 0.271 e. The monoisotopic (exact) mass is 491 g/mol. The van der Waals surface area contributed by atoms with E-state index in [4.69, 9.17) is 16.0 Å². The van der Waals surface area contributed by atoms with E-state index in [2.05, 4.69) is 5.32 Å². The van der Waals surface area contributed by atoms with Crippen LogP contribution in [-0.4, -0.2) is 26.8 Å². The molecule has 1 aliphatic rings. The SMILES string of the molecule is CC1(C(=O)NCc2ccc(Cl)cc2)Cn2c(ccc2-c2ccco2)C(=O)N1Cc1ccccc1F. The molecule has 0 spiro atoms. The minimum atomic E-state index is -1.29. The number of aromatic nitrogens is 1. The first kappa shape index (κ1) is 22.9. The molecule has 2 amide bonds. The fraction of sp³-hybridized carbons (Fsp3) is 0.185. The van der Waals surface area contributed by atoms with Gasteiger partial charge < -0.3 is 19.2 Å². The predicted molar refractivity (Wildman–Crippen MR) is 130 cm³/mol. The zero-order valence-corrected chi connectivity index (χ0v) is 19.8. The first-order chi connectivity index (χ1) is 16.9. The van der Waals surface area contributed by atoms with E-state index in [1.54, 1.807) is 72.4 Å². The van der Waals surface area contributed by atoms with Gasteiger partial charge in [-0.3, -0.25) is 9.59 Å². The van der Waals surface area contributed by atoms with Gasteiger partial charge >= 0.3 is 0 Å². The summed E-state index contributed by atoms with van der Waals surface area (Å²) in [5, 5.41) is 3.55. The standard InChI is InChI=1S/C27H23ClFN3O3/c1-27(26(34)30-15-18-8-10-20(28)11-9-18)17-31-22(24-7-4-14-35-24)12-13-23(31)25(33)32(27)16-19-5-2-3-6-21(19)29/h2-14H,15-17H2,1H3,(H,30,34). The van der Waals surface area contributed by atoms with Gasteiger partial charge in [0, 0.05) is 17.1 Å². The topological polar surface area (TPSA) is 67.5 Å². The van der Waals surface area contributed by atoms with E-state index in [0.29, 0.717) is 27.7 Å². The Labute approximate surface area is 206 Å². The van der Waals surface area contributed by atoms with Crippen molar-refractivity contribution >= 4 is 23.4 Å². The van der Waals surface area contributed by atoms with Gasteiger partial charge in [0.25, 0.3) is 5.91 Å². The summed E-state index contributed by atoms with van der Waals surface area (Å²) in [5.41, 5.74) is 1.02. The molecule has 8 heteroatoms. The van der Waals surface area contributed by atoms with Gasteiger partial charge in [0.15, 0.2) is 0 Å². The van der Waals surface area contributed by atoms with Crippen LogP contribution >= 0.6 is 11.6 Å². The third-order valence-electron chi connectivity index (χ3n) is 6.42. The number of fused-ring (bicyclic) bond motifs is 1. The van der Waals surface area contributed by atoms with Crippen molar-refractivity contribution in [2.24, 2.45) is 0 Å². The minimum Gasteiger partial charge on any atom is -0.463 e. The molecule has 2 aromatic carbocycles. The van der Waals surface area contributed by atoms with Crippen LogP contribution < -0.4 is 5.32 Å². The normalized spacial score (nSPS) is 17.3. The van der Waals surface area contributed by atoms with E-state index < -0.39 is 11.4 Å². The summed E-state index contributed by atoms with van der Waals surface area (Å²) in [5.74, 6) is -0.541. The Morgan fingerprint density at radius 3 is 2.51 bits per heavy atom. The van der Waals surface area contributed by atoms with Crippen molar-refractivity contribution in [2.45, 2.75) is 32.1 Å². The van der Waals surface area contributed by atoms with Crippen molar-refractivity contribution in [2.75, 3.05) is 0 Å². The molecule has 0 saturated carbocycles. The summed E-state index contributed by atoms with van der Waals surface area (Å²) < 4.78 is 21.9. The number of nitrogens with zero attached hydrogens (tertiary/aromatic N) is 2. The lowest BCUT2D eigenvalue weighted by molar-refractivity contribution is -0.133. The van der Waals surface area contributed by atoms with Crippen molar-refractivity contribution in [3.63, 3.8) is 0 Å². The molecule has 0 fully saturated rings. The summed E-state index contributed by atoms with van der Waals surface area (Å²) in [6.07, 6.45) is 1.56. The first-order valence-corrected chi connectivity index (χ1v) is 11.6. The van der Waals surface area contributed by atoms with E-state index in [-0.39, 0.29) is 31.4 Å². The number of carbonyl (C=O) groups excluding carboxylic acids is 2. The lowest BCUT2D eigenvalue weighted by Gasteiger charge is -2.44. The Hall–Kier alpha value is -3.84. The number of furan rings is 1. The predicted octanol–water partition coefficient (Wildman–Crippen LogP) is 5.27. The molecule has 1 atom stereocenters. The van der Waals surface area contributed by atoms with E-state index in [9.17, 15) is 14.0 Å². The zero-order valence-electron chi connectivity index (χ0n) is 19.0. The molecule has 0 bridgehead atoms. The van der Waals surface area contributed by atoms with Crippen LogP contribution in [0.4, 0.5) is 4.39 Å². The van der Waals surface area contributed by atoms with E-state index >= 15 is 0 Å². The van der Waals surface area contributed by atoms with Gasteiger partial charge in [0.05, 0.1) is 25.0 Å². The maximum atomic E-state index is 14.5. The van der Waals surface area contributed by atoms with Gasteiger partial charge in [-0.25, -0.2) is 4.39 Å². The van der Waals surface area contributed by atoms with Gasteiger partial charge in [-0.15, -0.1) is 0 Å². The van der Waals surface area contributed by atoms with Crippen LogP contribution in [0.15, 0.2) is 83.5 Å². The van der Waals surface area contributed by atoms with E-state index in [0.717, 1.165) is 5.56 Å². The second-order valence-corrected chi connectivity index (χ2v) is 9.17. The molecule has 35 heavy (non-hydrogen) atoms. The molecule has 1 aliphatic heterocycles. The molecule has 1 unspecified atom stereocenters. The number of rotatable bonds is 6. The number of nitrogens with one attached hydrogen (secondary N) is 1. The van der Waals surface area contributed by atoms with Crippen molar-refractivity contribution in [1.29, 1.82) is 0 Å². The molecule has 3 heterocycles. The molecule has 0 aliphatic carbocycles. The Morgan fingerprint density at radius 1 is 1.06 bits per heavy atom. The lowest BCUT2D eigenvalue weighted by Crippen LogP contribution is -2.63. The minimum absolute atomic E-state index is 0.0440. The summed E-state index contributed by atoms with van der Waals surface area (Å²) in [6.45, 7) is 2.10. The maximum Gasteiger partial charge on any atom is 0.271 e. The van der Waals surface area contributed by atoms with Crippen molar-refractivity contribution < 1.29 is 18.4 Å².